The molecule has 0 radical (unpaired) electrons. The first kappa shape index (κ1) is 26.2. The molecule has 1 aliphatic heterocycles. The second-order valence-electron chi connectivity index (χ2n) is 8.46. The van der Waals surface area contributed by atoms with Crippen molar-refractivity contribution < 1.29 is 23.8 Å². The van der Waals surface area contributed by atoms with Crippen LogP contribution in [0.1, 0.15) is 27.6 Å². The van der Waals surface area contributed by atoms with Crippen LogP contribution < -0.4 is 24.4 Å². The average molecular weight is 524 g/mol. The van der Waals surface area contributed by atoms with Gasteiger partial charge in [-0.3, -0.25) is 9.59 Å². The molecule has 0 bridgehead atoms. The highest BCUT2D eigenvalue weighted by Crippen LogP contribution is 2.27. The van der Waals surface area contributed by atoms with Crippen molar-refractivity contribution in [1.29, 1.82) is 0 Å². The molecule has 1 fully saturated rings. The van der Waals surface area contributed by atoms with Gasteiger partial charge in [-0.2, -0.15) is 0 Å². The molecule has 1 saturated heterocycles. The smallest absolute Gasteiger partial charge is 0.255 e. The molecule has 0 aliphatic carbocycles. The van der Waals surface area contributed by atoms with E-state index in [1.165, 1.54) is 0 Å². The van der Waals surface area contributed by atoms with Crippen LogP contribution in [-0.2, 0) is 0 Å². The number of anilines is 2. The van der Waals surface area contributed by atoms with Gasteiger partial charge in [0.2, 0.25) is 0 Å². The molecule has 0 aromatic heterocycles. The first-order valence-electron chi connectivity index (χ1n) is 12.0. The van der Waals surface area contributed by atoms with Crippen molar-refractivity contribution in [2.24, 2.45) is 0 Å². The number of hydrogen-bond acceptors (Lipinski definition) is 6. The molecule has 3 aromatic rings. The maximum Gasteiger partial charge on any atom is 0.255 e. The van der Waals surface area contributed by atoms with E-state index in [-0.39, 0.29) is 11.8 Å². The number of methoxy groups -OCH3 is 2. The molecule has 4 rings (SSSR count). The van der Waals surface area contributed by atoms with Crippen LogP contribution in [0.4, 0.5) is 11.4 Å². The van der Waals surface area contributed by atoms with E-state index in [1.807, 2.05) is 36.1 Å². The SMILES string of the molecule is CCOc1ccc(C(=O)Nc2ccc(N3CCN(C(=O)c4cc(OC)cc(OC)c4)CC3)cc2)cc1Cl. The van der Waals surface area contributed by atoms with Gasteiger partial charge in [-0.15, -0.1) is 0 Å². The molecule has 1 N–H and O–H groups in total. The third kappa shape index (κ3) is 6.27. The van der Waals surface area contributed by atoms with Crippen LogP contribution in [0.15, 0.2) is 60.7 Å². The highest BCUT2D eigenvalue weighted by molar-refractivity contribution is 6.32. The van der Waals surface area contributed by atoms with E-state index >= 15 is 0 Å². The fraction of sp³-hybridized carbons (Fsp3) is 0.286. The Morgan fingerprint density at radius 3 is 2.08 bits per heavy atom. The Labute approximate surface area is 221 Å². The Morgan fingerprint density at radius 2 is 1.51 bits per heavy atom. The Bertz CT molecular complexity index is 1230. The summed E-state index contributed by atoms with van der Waals surface area (Å²) >= 11 is 6.21. The van der Waals surface area contributed by atoms with Crippen LogP contribution in [0, 0.1) is 0 Å². The molecule has 0 atom stereocenters. The molecule has 0 saturated carbocycles. The van der Waals surface area contributed by atoms with E-state index in [9.17, 15) is 9.59 Å². The minimum Gasteiger partial charge on any atom is -0.497 e. The Kier molecular flexibility index (Phi) is 8.40. The van der Waals surface area contributed by atoms with E-state index in [2.05, 4.69) is 10.2 Å². The molecular weight excluding hydrogens is 494 g/mol. The van der Waals surface area contributed by atoms with Gasteiger partial charge in [0.15, 0.2) is 0 Å². The van der Waals surface area contributed by atoms with E-state index in [0.29, 0.717) is 71.9 Å². The lowest BCUT2D eigenvalue weighted by atomic mass is 10.1. The standard InChI is InChI=1S/C28H30ClN3O5/c1-4-37-26-10-5-19(17-25(26)29)27(33)30-21-6-8-22(9-7-21)31-11-13-32(14-12-31)28(34)20-15-23(35-2)18-24(16-20)36-3/h5-10,15-18H,4,11-14H2,1-3H3,(H,30,33). The summed E-state index contributed by atoms with van der Waals surface area (Å²) in [4.78, 5) is 29.8. The van der Waals surface area contributed by atoms with Crippen molar-refractivity contribution in [3.8, 4) is 17.2 Å². The number of ether oxygens (including phenoxy) is 3. The number of nitrogens with one attached hydrogen (secondary N) is 1. The Hall–Kier alpha value is -3.91. The number of piperazine rings is 1. The van der Waals surface area contributed by atoms with Crippen molar-refractivity contribution in [3.05, 3.63) is 76.8 Å². The van der Waals surface area contributed by atoms with Crippen LogP contribution in [0.3, 0.4) is 0 Å². The Balaban J connectivity index is 1.34. The van der Waals surface area contributed by atoms with Gasteiger partial charge in [-0.1, -0.05) is 11.6 Å². The number of rotatable bonds is 8. The quantitative estimate of drug-likeness (QED) is 0.449. The summed E-state index contributed by atoms with van der Waals surface area (Å²) in [5.41, 5.74) is 2.70. The van der Waals surface area contributed by atoms with Crippen molar-refractivity contribution in [2.75, 3.05) is 57.2 Å². The molecule has 1 heterocycles. The molecule has 0 unspecified atom stereocenters. The number of amides is 2. The van der Waals surface area contributed by atoms with Crippen molar-refractivity contribution in [1.82, 2.24) is 4.90 Å². The molecule has 37 heavy (non-hydrogen) atoms. The van der Waals surface area contributed by atoms with Crippen LogP contribution in [0.2, 0.25) is 5.02 Å². The summed E-state index contributed by atoms with van der Waals surface area (Å²) in [6.07, 6.45) is 0. The van der Waals surface area contributed by atoms with Crippen LogP contribution in [-0.4, -0.2) is 63.7 Å². The van der Waals surface area contributed by atoms with Gasteiger partial charge in [-0.25, -0.2) is 0 Å². The minimum absolute atomic E-state index is 0.0516. The fourth-order valence-corrected chi connectivity index (χ4v) is 4.39. The highest BCUT2D eigenvalue weighted by atomic mass is 35.5. The fourth-order valence-electron chi connectivity index (χ4n) is 4.15. The summed E-state index contributed by atoms with van der Waals surface area (Å²) in [7, 11) is 3.13. The van der Waals surface area contributed by atoms with Crippen LogP contribution in [0.5, 0.6) is 17.2 Å². The first-order valence-corrected chi connectivity index (χ1v) is 12.4. The largest absolute Gasteiger partial charge is 0.497 e. The van der Waals surface area contributed by atoms with Crippen molar-refractivity contribution in [3.63, 3.8) is 0 Å². The molecule has 194 valence electrons. The maximum absolute atomic E-state index is 13.1. The monoisotopic (exact) mass is 523 g/mol. The van der Waals surface area contributed by atoms with E-state index in [0.717, 1.165) is 5.69 Å². The second kappa shape index (κ2) is 11.9. The van der Waals surface area contributed by atoms with Crippen molar-refractivity contribution >= 4 is 34.8 Å². The van der Waals surface area contributed by atoms with Gasteiger partial charge in [-0.05, 0) is 61.5 Å². The zero-order valence-corrected chi connectivity index (χ0v) is 21.9. The van der Waals surface area contributed by atoms with Crippen LogP contribution in [0.25, 0.3) is 0 Å². The van der Waals surface area contributed by atoms with Gasteiger partial charge in [0, 0.05) is 54.7 Å². The van der Waals surface area contributed by atoms with Gasteiger partial charge in [0.05, 0.1) is 25.8 Å². The third-order valence-electron chi connectivity index (χ3n) is 6.15. The number of halogens is 1. The van der Waals surface area contributed by atoms with Gasteiger partial charge >= 0.3 is 0 Å². The summed E-state index contributed by atoms with van der Waals surface area (Å²) in [5, 5.41) is 3.29. The first-order chi connectivity index (χ1) is 17.9. The van der Waals surface area contributed by atoms with Gasteiger partial charge in [0.25, 0.3) is 11.8 Å². The topological polar surface area (TPSA) is 80.3 Å². The minimum atomic E-state index is -0.251. The summed E-state index contributed by atoms with van der Waals surface area (Å²) in [6.45, 7) is 4.96. The van der Waals surface area contributed by atoms with Gasteiger partial charge < -0.3 is 29.3 Å². The zero-order valence-electron chi connectivity index (χ0n) is 21.1. The summed E-state index contributed by atoms with van der Waals surface area (Å²) in [6, 6.07) is 17.8. The number of carbonyl (C=O) groups is 2. The molecular formula is C28H30ClN3O5. The van der Waals surface area contributed by atoms with E-state index < -0.39 is 0 Å². The summed E-state index contributed by atoms with van der Waals surface area (Å²) < 4.78 is 16.0. The number of nitrogens with zero attached hydrogens (tertiary/aromatic N) is 2. The number of benzene rings is 3. The molecule has 9 heteroatoms. The average Bonchev–Trinajstić information content (AvgIpc) is 2.94. The van der Waals surface area contributed by atoms with Crippen LogP contribution >= 0.6 is 11.6 Å². The molecule has 0 spiro atoms. The Morgan fingerprint density at radius 1 is 0.865 bits per heavy atom. The summed E-state index contributed by atoms with van der Waals surface area (Å²) in [5.74, 6) is 1.41. The number of hydrogen-bond donors (Lipinski definition) is 1. The lowest BCUT2D eigenvalue weighted by Crippen LogP contribution is -2.48. The third-order valence-corrected chi connectivity index (χ3v) is 6.44. The normalized spacial score (nSPS) is 13.2. The lowest BCUT2D eigenvalue weighted by molar-refractivity contribution is 0.0746. The molecule has 8 nitrogen and oxygen atoms in total. The number of carbonyl (C=O) groups excluding carboxylic acids is 2. The van der Waals surface area contributed by atoms with Gasteiger partial charge in [0.1, 0.15) is 17.2 Å². The molecule has 3 aromatic carbocycles. The molecule has 2 amide bonds. The predicted molar refractivity (Wildman–Crippen MR) is 145 cm³/mol. The highest BCUT2D eigenvalue weighted by Gasteiger charge is 2.23. The zero-order chi connectivity index (χ0) is 26.4. The predicted octanol–water partition coefficient (Wildman–Crippen LogP) is 4.97. The van der Waals surface area contributed by atoms with E-state index in [4.69, 9.17) is 25.8 Å². The van der Waals surface area contributed by atoms with E-state index in [1.54, 1.807) is 50.6 Å². The maximum atomic E-state index is 13.1. The molecule has 1 aliphatic rings. The second-order valence-corrected chi connectivity index (χ2v) is 8.87. The van der Waals surface area contributed by atoms with Crippen molar-refractivity contribution in [2.45, 2.75) is 6.92 Å². The lowest BCUT2D eigenvalue weighted by Gasteiger charge is -2.36.